The van der Waals surface area contributed by atoms with Crippen molar-refractivity contribution in [1.82, 2.24) is 0 Å². The molecule has 1 heterocycles. The first kappa shape index (κ1) is 5.24. The fourth-order valence-electron chi connectivity index (χ4n) is 1.60. The van der Waals surface area contributed by atoms with Gasteiger partial charge in [0.1, 0.15) is 0 Å². The molecule has 1 atom stereocenters. The van der Waals surface area contributed by atoms with Gasteiger partial charge in [0, 0.05) is 12.3 Å². The zero-order valence-electron chi connectivity index (χ0n) is 5.74. The maximum absolute atomic E-state index is 10.9. The average molecular weight is 143 g/mol. The Hall–Kier alpha value is -1.44. The lowest BCUT2D eigenvalue weighted by molar-refractivity contribution is -0.110. The van der Waals surface area contributed by atoms with Crippen LogP contribution < -0.4 is 0 Å². The number of allylic oxidation sites excluding steroid dienone is 3. The van der Waals surface area contributed by atoms with E-state index < -0.39 is 0 Å². The third kappa shape index (κ3) is 0.452. The van der Waals surface area contributed by atoms with Gasteiger partial charge >= 0.3 is 0 Å². The van der Waals surface area contributed by atoms with Gasteiger partial charge in [0.25, 0.3) is 0 Å². The largest absolute Gasteiger partial charge is 0.290 e. The topological polar surface area (TPSA) is 29.4 Å². The summed E-state index contributed by atoms with van der Waals surface area (Å²) in [5, 5.41) is 0. The molecule has 1 spiro atoms. The van der Waals surface area contributed by atoms with Gasteiger partial charge in [-0.05, 0) is 11.6 Å². The van der Waals surface area contributed by atoms with E-state index in [1.165, 1.54) is 5.57 Å². The van der Waals surface area contributed by atoms with Crippen molar-refractivity contribution < 1.29 is 4.79 Å². The van der Waals surface area contributed by atoms with Gasteiger partial charge in [0.15, 0.2) is 5.78 Å². The summed E-state index contributed by atoms with van der Waals surface area (Å²) in [7, 11) is 0. The number of dihydropyridines is 1. The molecule has 52 valence electrons. The lowest BCUT2D eigenvalue weighted by atomic mass is 9.92. The van der Waals surface area contributed by atoms with Gasteiger partial charge in [-0.25, -0.2) is 0 Å². The molecule has 0 bridgehead atoms. The number of rotatable bonds is 0. The number of aliphatic imine (C=N–C) groups is 1. The van der Waals surface area contributed by atoms with Crippen molar-refractivity contribution in [3.8, 4) is 0 Å². The van der Waals surface area contributed by atoms with E-state index in [1.807, 2.05) is 12.3 Å². The van der Waals surface area contributed by atoms with Crippen LogP contribution in [0.2, 0.25) is 0 Å². The van der Waals surface area contributed by atoms with Gasteiger partial charge < -0.3 is 0 Å². The molecule has 0 saturated heterocycles. The van der Waals surface area contributed by atoms with Crippen LogP contribution in [-0.4, -0.2) is 12.0 Å². The molecule has 0 aromatic carbocycles. The second kappa shape index (κ2) is 1.28. The molecule has 0 aromatic heterocycles. The molecule has 11 heavy (non-hydrogen) atoms. The van der Waals surface area contributed by atoms with E-state index in [0.717, 1.165) is 5.70 Å². The molecule has 0 fully saturated rings. The average Bonchev–Trinajstić information content (AvgIpc) is 2.60. The molecule has 1 unspecified atom stereocenters. The Labute approximate surface area is 63.6 Å². The van der Waals surface area contributed by atoms with E-state index >= 15 is 0 Å². The van der Waals surface area contributed by atoms with Gasteiger partial charge in [0.2, 0.25) is 0 Å². The van der Waals surface area contributed by atoms with Gasteiger partial charge in [0.05, 0.1) is 11.1 Å². The maximum atomic E-state index is 10.9. The number of hydrogen-bond acceptors (Lipinski definition) is 2. The van der Waals surface area contributed by atoms with E-state index in [9.17, 15) is 4.79 Å². The molecule has 3 rings (SSSR count). The lowest BCUT2D eigenvalue weighted by Crippen LogP contribution is -2.07. The highest BCUT2D eigenvalue weighted by Gasteiger charge is 2.49. The number of hydrogen-bond donors (Lipinski definition) is 0. The molecular weight excluding hydrogens is 138 g/mol. The summed E-state index contributed by atoms with van der Waals surface area (Å²) in [5.41, 5.74) is 2.08. The summed E-state index contributed by atoms with van der Waals surface area (Å²) in [6.07, 6.45) is 9.09. The van der Waals surface area contributed by atoms with E-state index in [-0.39, 0.29) is 11.2 Å². The van der Waals surface area contributed by atoms with Crippen LogP contribution in [0.25, 0.3) is 0 Å². The first-order valence-corrected chi connectivity index (χ1v) is 3.54. The summed E-state index contributed by atoms with van der Waals surface area (Å²) in [6.45, 7) is 0. The number of carbonyl (C=O) groups is 1. The minimum Gasteiger partial charge on any atom is -0.290 e. The summed E-state index contributed by atoms with van der Waals surface area (Å²) < 4.78 is 0. The highest BCUT2D eigenvalue weighted by atomic mass is 16.1. The lowest BCUT2D eigenvalue weighted by Gasteiger charge is -2.11. The highest BCUT2D eigenvalue weighted by molar-refractivity contribution is 6.06. The monoisotopic (exact) mass is 143 g/mol. The van der Waals surface area contributed by atoms with Crippen LogP contribution in [0.1, 0.15) is 0 Å². The first-order valence-electron chi connectivity index (χ1n) is 3.54. The van der Waals surface area contributed by atoms with E-state index in [2.05, 4.69) is 11.1 Å². The van der Waals surface area contributed by atoms with Crippen LogP contribution in [0.3, 0.4) is 0 Å². The van der Waals surface area contributed by atoms with Crippen LogP contribution in [0.5, 0.6) is 0 Å². The van der Waals surface area contributed by atoms with Crippen LogP contribution >= 0.6 is 0 Å². The SMILES string of the molecule is O=C1C=CC23C=C2C=NC3=C1. The predicted molar refractivity (Wildman–Crippen MR) is 41.2 cm³/mol. The first-order chi connectivity index (χ1) is 5.31. The van der Waals surface area contributed by atoms with Gasteiger partial charge in [-0.15, -0.1) is 0 Å². The molecule has 0 N–H and O–H groups in total. The zero-order chi connectivity index (χ0) is 7.47. The summed E-state index contributed by atoms with van der Waals surface area (Å²) in [4.78, 5) is 15.0. The van der Waals surface area contributed by atoms with Crippen LogP contribution in [0.4, 0.5) is 0 Å². The van der Waals surface area contributed by atoms with Crippen molar-refractivity contribution in [2.45, 2.75) is 0 Å². The molecule has 0 saturated carbocycles. The third-order valence-electron chi connectivity index (χ3n) is 2.33. The van der Waals surface area contributed by atoms with Gasteiger partial charge in [-0.2, -0.15) is 0 Å². The molecule has 2 nitrogen and oxygen atoms in total. The Morgan fingerprint density at radius 3 is 3.18 bits per heavy atom. The summed E-state index contributed by atoms with van der Waals surface area (Å²) in [5.74, 6) is 0.0457. The maximum Gasteiger partial charge on any atom is 0.180 e. The molecule has 0 radical (unpaired) electrons. The number of nitrogens with zero attached hydrogens (tertiary/aromatic N) is 1. The quantitative estimate of drug-likeness (QED) is 0.497. The fraction of sp³-hybridized carbons (Fsp3) is 0.111. The van der Waals surface area contributed by atoms with Crippen molar-refractivity contribution >= 4 is 12.0 Å². The summed E-state index contributed by atoms with van der Waals surface area (Å²) >= 11 is 0. The molecule has 2 aliphatic carbocycles. The molecule has 0 amide bonds. The number of ketones is 1. The second-order valence-corrected chi connectivity index (χ2v) is 2.99. The Morgan fingerprint density at radius 1 is 1.45 bits per heavy atom. The molecule has 0 aromatic rings. The Kier molecular flexibility index (Phi) is 0.609. The normalized spacial score (nSPS) is 36.2. The third-order valence-corrected chi connectivity index (χ3v) is 2.33. The standard InChI is InChI=1S/C9H5NO/c11-7-1-2-9-4-6(9)5-10-8(9)3-7/h1-5H. The molecular formula is C9H5NO. The predicted octanol–water partition coefficient (Wildman–Crippen LogP) is 1.02. The molecule has 1 aliphatic heterocycles. The van der Waals surface area contributed by atoms with E-state index in [1.54, 1.807) is 12.2 Å². The molecule has 3 aliphatic rings. The minimum absolute atomic E-state index is 0.0338. The molecule has 2 heteroatoms. The van der Waals surface area contributed by atoms with E-state index in [0.29, 0.717) is 0 Å². The van der Waals surface area contributed by atoms with Gasteiger partial charge in [-0.1, -0.05) is 12.2 Å². The Bertz CT molecular complexity index is 384. The zero-order valence-corrected chi connectivity index (χ0v) is 5.74. The van der Waals surface area contributed by atoms with Crippen molar-refractivity contribution in [3.05, 3.63) is 35.6 Å². The Morgan fingerprint density at radius 2 is 2.36 bits per heavy atom. The second-order valence-electron chi connectivity index (χ2n) is 2.99. The van der Waals surface area contributed by atoms with Crippen LogP contribution in [0, 0.1) is 5.41 Å². The van der Waals surface area contributed by atoms with Crippen molar-refractivity contribution in [2.24, 2.45) is 10.4 Å². The minimum atomic E-state index is -0.0338. The van der Waals surface area contributed by atoms with Crippen molar-refractivity contribution in [3.63, 3.8) is 0 Å². The number of carbonyl (C=O) groups excluding carboxylic acids is 1. The fourth-order valence-corrected chi connectivity index (χ4v) is 1.60. The van der Waals surface area contributed by atoms with E-state index in [4.69, 9.17) is 0 Å². The summed E-state index contributed by atoms with van der Waals surface area (Å²) in [6, 6.07) is 0. The Balaban J connectivity index is 2.20. The highest BCUT2D eigenvalue weighted by Crippen LogP contribution is 2.55. The van der Waals surface area contributed by atoms with Crippen LogP contribution in [-0.2, 0) is 4.79 Å². The van der Waals surface area contributed by atoms with Gasteiger partial charge in [-0.3, -0.25) is 9.79 Å². The smallest absolute Gasteiger partial charge is 0.180 e. The van der Waals surface area contributed by atoms with Crippen molar-refractivity contribution in [2.75, 3.05) is 0 Å². The van der Waals surface area contributed by atoms with Crippen molar-refractivity contribution in [1.29, 1.82) is 0 Å². The van der Waals surface area contributed by atoms with Crippen LogP contribution in [0.15, 0.2) is 40.6 Å².